The Hall–Kier alpha value is -1.63. The molecule has 2 N–H and O–H groups in total. The zero-order valence-corrected chi connectivity index (χ0v) is 12.9. The second-order valence-corrected chi connectivity index (χ2v) is 6.12. The quantitative estimate of drug-likeness (QED) is 0.813. The van der Waals surface area contributed by atoms with Gasteiger partial charge in [0.05, 0.1) is 5.75 Å². The van der Waals surface area contributed by atoms with E-state index < -0.39 is 0 Å². The molecule has 6 nitrogen and oxygen atoms in total. The average Bonchev–Trinajstić information content (AvgIpc) is 2.47. The SMILES string of the molecule is CC(=O)Nc1ccc(SCC(=O)NC2CCCCC2)nn1. The molecule has 0 spiro atoms. The van der Waals surface area contributed by atoms with Crippen LogP contribution in [-0.4, -0.2) is 33.8 Å². The van der Waals surface area contributed by atoms with Gasteiger partial charge in [-0.15, -0.1) is 10.2 Å². The lowest BCUT2D eigenvalue weighted by Gasteiger charge is -2.22. The summed E-state index contributed by atoms with van der Waals surface area (Å²) in [7, 11) is 0. The Kier molecular flexibility index (Phi) is 5.98. The van der Waals surface area contributed by atoms with Crippen molar-refractivity contribution >= 4 is 29.4 Å². The number of aromatic nitrogens is 2. The van der Waals surface area contributed by atoms with Crippen molar-refractivity contribution in [2.45, 2.75) is 50.1 Å². The predicted octanol–water partition coefficient (Wildman–Crippen LogP) is 1.98. The summed E-state index contributed by atoms with van der Waals surface area (Å²) in [6, 6.07) is 3.76. The highest BCUT2D eigenvalue weighted by Gasteiger charge is 2.15. The summed E-state index contributed by atoms with van der Waals surface area (Å²) in [4.78, 5) is 22.7. The van der Waals surface area contributed by atoms with Gasteiger partial charge in [0.2, 0.25) is 11.8 Å². The van der Waals surface area contributed by atoms with Crippen LogP contribution in [0.2, 0.25) is 0 Å². The van der Waals surface area contributed by atoms with Crippen molar-refractivity contribution in [3.8, 4) is 0 Å². The molecular weight excluding hydrogens is 288 g/mol. The minimum Gasteiger partial charge on any atom is -0.353 e. The van der Waals surface area contributed by atoms with Gasteiger partial charge in [0, 0.05) is 13.0 Å². The molecule has 1 saturated carbocycles. The van der Waals surface area contributed by atoms with Crippen LogP contribution in [0, 0.1) is 0 Å². The first kappa shape index (κ1) is 15.8. The fraction of sp³-hybridized carbons (Fsp3) is 0.571. The Morgan fingerprint density at radius 1 is 1.24 bits per heavy atom. The van der Waals surface area contributed by atoms with E-state index in [4.69, 9.17) is 0 Å². The molecule has 0 unspecified atom stereocenters. The number of nitrogens with zero attached hydrogens (tertiary/aromatic N) is 2. The number of hydrogen-bond donors (Lipinski definition) is 2. The third kappa shape index (κ3) is 5.71. The Balaban J connectivity index is 1.74. The molecule has 7 heteroatoms. The maximum Gasteiger partial charge on any atom is 0.230 e. The number of amides is 2. The third-order valence-electron chi connectivity index (χ3n) is 3.27. The first-order valence-corrected chi connectivity index (χ1v) is 8.15. The van der Waals surface area contributed by atoms with Crippen LogP contribution in [0.15, 0.2) is 17.2 Å². The van der Waals surface area contributed by atoms with E-state index in [1.807, 2.05) is 0 Å². The van der Waals surface area contributed by atoms with Gasteiger partial charge in [0.25, 0.3) is 0 Å². The summed E-state index contributed by atoms with van der Waals surface area (Å²) in [6.07, 6.45) is 5.85. The van der Waals surface area contributed by atoms with Gasteiger partial charge in [-0.3, -0.25) is 9.59 Å². The molecule has 2 amide bonds. The minimum atomic E-state index is -0.184. The first-order chi connectivity index (χ1) is 10.1. The standard InChI is InChI=1S/C14H20N4O2S/c1-10(19)15-12-7-8-14(18-17-12)21-9-13(20)16-11-5-3-2-4-6-11/h7-8,11H,2-6,9H2,1H3,(H,16,20)(H,15,17,19). The smallest absolute Gasteiger partial charge is 0.230 e. The van der Waals surface area contributed by atoms with Crippen molar-refractivity contribution in [3.63, 3.8) is 0 Å². The van der Waals surface area contributed by atoms with Crippen LogP contribution in [0.5, 0.6) is 0 Å². The lowest BCUT2D eigenvalue weighted by atomic mass is 9.95. The maximum atomic E-state index is 11.9. The molecule has 1 aliphatic carbocycles. The molecule has 21 heavy (non-hydrogen) atoms. The molecule has 1 aliphatic rings. The fourth-order valence-electron chi connectivity index (χ4n) is 2.30. The van der Waals surface area contributed by atoms with E-state index in [0.29, 0.717) is 22.6 Å². The summed E-state index contributed by atoms with van der Waals surface area (Å²) in [5, 5.41) is 14.1. The summed E-state index contributed by atoms with van der Waals surface area (Å²) in [5.74, 6) is 0.611. The molecule has 1 fully saturated rings. The largest absolute Gasteiger partial charge is 0.353 e. The Bertz CT molecular complexity index is 486. The molecule has 0 bridgehead atoms. The Morgan fingerprint density at radius 2 is 2.00 bits per heavy atom. The number of hydrogen-bond acceptors (Lipinski definition) is 5. The highest BCUT2D eigenvalue weighted by atomic mass is 32.2. The van der Waals surface area contributed by atoms with Crippen molar-refractivity contribution in [2.24, 2.45) is 0 Å². The number of rotatable bonds is 5. The average molecular weight is 308 g/mol. The summed E-state index contributed by atoms with van der Waals surface area (Å²) in [6.45, 7) is 1.42. The number of nitrogens with one attached hydrogen (secondary N) is 2. The fourth-order valence-corrected chi connectivity index (χ4v) is 2.92. The molecule has 0 aliphatic heterocycles. The third-order valence-corrected chi connectivity index (χ3v) is 4.19. The summed E-state index contributed by atoms with van der Waals surface area (Å²) >= 11 is 1.35. The summed E-state index contributed by atoms with van der Waals surface area (Å²) in [5.41, 5.74) is 0. The topological polar surface area (TPSA) is 84.0 Å². The highest BCUT2D eigenvalue weighted by Crippen LogP contribution is 2.18. The number of carbonyl (C=O) groups is 2. The molecule has 1 heterocycles. The van der Waals surface area contributed by atoms with Crippen LogP contribution >= 0.6 is 11.8 Å². The van der Waals surface area contributed by atoms with E-state index in [2.05, 4.69) is 20.8 Å². The second kappa shape index (κ2) is 7.97. The van der Waals surface area contributed by atoms with Crippen LogP contribution < -0.4 is 10.6 Å². The zero-order valence-electron chi connectivity index (χ0n) is 12.1. The van der Waals surface area contributed by atoms with Gasteiger partial charge in [-0.1, -0.05) is 31.0 Å². The van der Waals surface area contributed by atoms with Crippen molar-refractivity contribution in [1.82, 2.24) is 15.5 Å². The lowest BCUT2D eigenvalue weighted by molar-refractivity contribution is -0.119. The van der Waals surface area contributed by atoms with E-state index >= 15 is 0 Å². The van der Waals surface area contributed by atoms with Crippen molar-refractivity contribution in [3.05, 3.63) is 12.1 Å². The van der Waals surface area contributed by atoms with Gasteiger partial charge >= 0.3 is 0 Å². The Morgan fingerprint density at radius 3 is 2.62 bits per heavy atom. The summed E-state index contributed by atoms with van der Waals surface area (Å²) < 4.78 is 0. The van der Waals surface area contributed by atoms with E-state index in [9.17, 15) is 9.59 Å². The minimum absolute atomic E-state index is 0.0413. The second-order valence-electron chi connectivity index (χ2n) is 5.13. The normalized spacial score (nSPS) is 15.5. The first-order valence-electron chi connectivity index (χ1n) is 7.17. The van der Waals surface area contributed by atoms with Gasteiger partial charge in [0.1, 0.15) is 5.03 Å². The van der Waals surface area contributed by atoms with E-state index in [1.165, 1.54) is 37.9 Å². The molecule has 0 atom stereocenters. The number of anilines is 1. The lowest BCUT2D eigenvalue weighted by Crippen LogP contribution is -2.37. The zero-order chi connectivity index (χ0) is 15.1. The number of thioether (sulfide) groups is 1. The molecular formula is C14H20N4O2S. The molecule has 1 aromatic rings. The van der Waals surface area contributed by atoms with E-state index in [0.717, 1.165) is 12.8 Å². The van der Waals surface area contributed by atoms with Crippen molar-refractivity contribution in [1.29, 1.82) is 0 Å². The molecule has 2 rings (SSSR count). The van der Waals surface area contributed by atoms with Gasteiger partial charge < -0.3 is 10.6 Å². The number of carbonyl (C=O) groups excluding carboxylic acids is 2. The van der Waals surface area contributed by atoms with Crippen molar-refractivity contribution in [2.75, 3.05) is 11.1 Å². The predicted molar refractivity (Wildman–Crippen MR) is 82.1 cm³/mol. The van der Waals surface area contributed by atoms with Gasteiger partial charge in [-0.05, 0) is 25.0 Å². The molecule has 1 aromatic heterocycles. The van der Waals surface area contributed by atoms with E-state index in [1.54, 1.807) is 12.1 Å². The van der Waals surface area contributed by atoms with Crippen LogP contribution in [0.25, 0.3) is 0 Å². The van der Waals surface area contributed by atoms with Gasteiger partial charge in [-0.2, -0.15) is 0 Å². The monoisotopic (exact) mass is 308 g/mol. The van der Waals surface area contributed by atoms with Crippen LogP contribution in [0.4, 0.5) is 5.82 Å². The Labute approximate surface area is 128 Å². The van der Waals surface area contributed by atoms with Crippen LogP contribution in [0.3, 0.4) is 0 Å². The van der Waals surface area contributed by atoms with Crippen LogP contribution in [0.1, 0.15) is 39.0 Å². The van der Waals surface area contributed by atoms with E-state index in [-0.39, 0.29) is 11.8 Å². The van der Waals surface area contributed by atoms with Gasteiger partial charge in [0.15, 0.2) is 5.82 Å². The molecule has 0 saturated heterocycles. The molecule has 114 valence electrons. The van der Waals surface area contributed by atoms with Crippen molar-refractivity contribution < 1.29 is 9.59 Å². The molecule has 0 aromatic carbocycles. The molecule has 0 radical (unpaired) electrons. The van der Waals surface area contributed by atoms with Gasteiger partial charge in [-0.25, -0.2) is 0 Å². The maximum absolute atomic E-state index is 11.9. The highest BCUT2D eigenvalue weighted by molar-refractivity contribution is 7.99. The van der Waals surface area contributed by atoms with Crippen LogP contribution in [-0.2, 0) is 9.59 Å².